The van der Waals surface area contributed by atoms with Crippen LogP contribution in [0.2, 0.25) is 0 Å². The van der Waals surface area contributed by atoms with E-state index >= 15 is 0 Å². The van der Waals surface area contributed by atoms with Crippen LogP contribution in [0.25, 0.3) is 0 Å². The average Bonchev–Trinajstić information content (AvgIpc) is 2.88. The Bertz CT molecular complexity index is 396. The first-order valence-electron chi connectivity index (χ1n) is 4.65. The second-order valence-electron chi connectivity index (χ2n) is 3.55. The van der Waals surface area contributed by atoms with Gasteiger partial charge in [0.1, 0.15) is 0 Å². The molecular weight excluding hydrogens is 200 g/mol. The van der Waals surface area contributed by atoms with Crippen LogP contribution >= 0.6 is 0 Å². The molecule has 1 aromatic heterocycles. The minimum absolute atomic E-state index is 0.0577. The number of hydrogen-bond donors (Lipinski definition) is 2. The van der Waals surface area contributed by atoms with Crippen molar-refractivity contribution in [3.63, 3.8) is 0 Å². The predicted molar refractivity (Wildman–Crippen MR) is 50.3 cm³/mol. The number of nitro groups is 1. The van der Waals surface area contributed by atoms with E-state index in [2.05, 4.69) is 15.5 Å². The largest absolute Gasteiger partial charge is 0.358 e. The number of nitrogens with one attached hydrogen (secondary N) is 2. The van der Waals surface area contributed by atoms with Crippen LogP contribution in [0, 0.1) is 16.0 Å². The average molecular weight is 210 g/mol. The molecule has 1 fully saturated rings. The zero-order chi connectivity index (χ0) is 10.8. The van der Waals surface area contributed by atoms with E-state index in [1.165, 1.54) is 0 Å². The van der Waals surface area contributed by atoms with Crippen molar-refractivity contribution in [2.75, 3.05) is 6.54 Å². The number of amides is 1. The van der Waals surface area contributed by atoms with Gasteiger partial charge in [0.25, 0.3) is 5.91 Å². The van der Waals surface area contributed by atoms with E-state index in [1.807, 2.05) is 0 Å². The highest BCUT2D eigenvalue weighted by Gasteiger charge is 2.23. The van der Waals surface area contributed by atoms with Crippen molar-refractivity contribution in [3.05, 3.63) is 21.9 Å². The van der Waals surface area contributed by atoms with Crippen LogP contribution < -0.4 is 5.32 Å². The van der Waals surface area contributed by atoms with Crippen LogP contribution in [-0.4, -0.2) is 27.6 Å². The summed E-state index contributed by atoms with van der Waals surface area (Å²) in [6.07, 6.45) is 2.28. The van der Waals surface area contributed by atoms with Gasteiger partial charge in [0.15, 0.2) is 5.69 Å². The fourth-order valence-electron chi connectivity index (χ4n) is 1.17. The molecule has 1 aliphatic rings. The number of carbonyl (C=O) groups excluding carboxylic acids is 1. The summed E-state index contributed by atoms with van der Waals surface area (Å²) in [5.74, 6) is -0.0688. The molecule has 0 radical (unpaired) electrons. The molecule has 7 nitrogen and oxygen atoms in total. The van der Waals surface area contributed by atoms with Gasteiger partial charge in [-0.15, -0.1) is 5.10 Å². The molecule has 2 N–H and O–H groups in total. The van der Waals surface area contributed by atoms with Crippen LogP contribution in [0.5, 0.6) is 0 Å². The number of aromatic amines is 1. The van der Waals surface area contributed by atoms with Gasteiger partial charge < -0.3 is 15.4 Å². The smallest absolute Gasteiger partial charge is 0.343 e. The van der Waals surface area contributed by atoms with E-state index in [-0.39, 0.29) is 17.4 Å². The number of aromatic nitrogens is 2. The lowest BCUT2D eigenvalue weighted by atomic mass is 10.3. The van der Waals surface area contributed by atoms with Crippen LogP contribution in [0.15, 0.2) is 6.07 Å². The SMILES string of the molecule is O=C(NCC1CC1)c1cc([N+](=O)[O-])[nH]n1. The number of nitrogens with zero attached hydrogens (tertiary/aromatic N) is 2. The number of rotatable bonds is 4. The molecule has 7 heteroatoms. The van der Waals surface area contributed by atoms with Gasteiger partial charge in [-0.2, -0.15) is 0 Å². The van der Waals surface area contributed by atoms with Crippen molar-refractivity contribution in [1.82, 2.24) is 15.5 Å². The lowest BCUT2D eigenvalue weighted by Gasteiger charge is -1.98. The molecule has 1 aliphatic carbocycles. The summed E-state index contributed by atoms with van der Waals surface area (Å²) >= 11 is 0. The molecule has 1 aromatic rings. The second-order valence-corrected chi connectivity index (χ2v) is 3.55. The molecule has 0 unspecified atom stereocenters. The van der Waals surface area contributed by atoms with Gasteiger partial charge in [-0.25, -0.2) is 0 Å². The lowest BCUT2D eigenvalue weighted by Crippen LogP contribution is -2.25. The van der Waals surface area contributed by atoms with Gasteiger partial charge >= 0.3 is 5.82 Å². The van der Waals surface area contributed by atoms with E-state index in [0.29, 0.717) is 12.5 Å². The monoisotopic (exact) mass is 210 g/mol. The summed E-state index contributed by atoms with van der Waals surface area (Å²) in [5, 5.41) is 18.7. The highest BCUT2D eigenvalue weighted by atomic mass is 16.6. The maximum absolute atomic E-state index is 11.4. The Hall–Kier alpha value is -1.92. The summed E-state index contributed by atoms with van der Waals surface area (Å²) in [5.41, 5.74) is 0.0577. The molecule has 0 spiro atoms. The van der Waals surface area contributed by atoms with Crippen molar-refractivity contribution in [2.45, 2.75) is 12.8 Å². The molecule has 15 heavy (non-hydrogen) atoms. The standard InChI is InChI=1S/C8H10N4O3/c13-8(9-4-5-1-2-5)6-3-7(11-10-6)12(14)15/h3,5H,1-2,4H2,(H,9,13)(H,10,11). The number of hydrogen-bond acceptors (Lipinski definition) is 4. The molecular formula is C8H10N4O3. The Morgan fingerprint density at radius 2 is 2.47 bits per heavy atom. The topological polar surface area (TPSA) is 101 Å². The highest BCUT2D eigenvalue weighted by molar-refractivity contribution is 5.92. The zero-order valence-electron chi connectivity index (χ0n) is 7.90. The Morgan fingerprint density at radius 3 is 3.00 bits per heavy atom. The van der Waals surface area contributed by atoms with Crippen molar-refractivity contribution >= 4 is 11.7 Å². The van der Waals surface area contributed by atoms with Gasteiger partial charge in [-0.05, 0) is 23.7 Å². The molecule has 80 valence electrons. The molecule has 1 heterocycles. The first-order valence-corrected chi connectivity index (χ1v) is 4.65. The summed E-state index contributed by atoms with van der Waals surface area (Å²) < 4.78 is 0. The zero-order valence-corrected chi connectivity index (χ0v) is 7.90. The maximum atomic E-state index is 11.4. The van der Waals surface area contributed by atoms with Gasteiger partial charge in [-0.1, -0.05) is 5.10 Å². The third-order valence-corrected chi connectivity index (χ3v) is 2.24. The minimum Gasteiger partial charge on any atom is -0.358 e. The molecule has 1 saturated carbocycles. The van der Waals surface area contributed by atoms with Crippen LogP contribution in [0.1, 0.15) is 23.3 Å². The van der Waals surface area contributed by atoms with E-state index < -0.39 is 4.92 Å². The Kier molecular flexibility index (Phi) is 2.36. The first-order chi connectivity index (χ1) is 7.16. The van der Waals surface area contributed by atoms with Crippen molar-refractivity contribution in [1.29, 1.82) is 0 Å². The van der Waals surface area contributed by atoms with Crippen molar-refractivity contribution in [2.24, 2.45) is 5.92 Å². The Labute approximate surface area is 85.0 Å². The maximum Gasteiger partial charge on any atom is 0.343 e. The summed E-state index contributed by atoms with van der Waals surface area (Å²) in [7, 11) is 0. The number of H-pyrrole nitrogens is 1. The Morgan fingerprint density at radius 1 is 1.73 bits per heavy atom. The van der Waals surface area contributed by atoms with E-state index in [4.69, 9.17) is 0 Å². The fraction of sp³-hybridized carbons (Fsp3) is 0.500. The van der Waals surface area contributed by atoms with Crippen molar-refractivity contribution in [3.8, 4) is 0 Å². The van der Waals surface area contributed by atoms with Crippen LogP contribution in [0.4, 0.5) is 5.82 Å². The quantitative estimate of drug-likeness (QED) is 0.556. The normalized spacial score (nSPS) is 14.9. The fourth-order valence-corrected chi connectivity index (χ4v) is 1.17. The van der Waals surface area contributed by atoms with E-state index in [1.54, 1.807) is 0 Å². The van der Waals surface area contributed by atoms with Gasteiger partial charge in [0.05, 0.1) is 6.07 Å². The summed E-state index contributed by atoms with van der Waals surface area (Å²) in [4.78, 5) is 21.1. The van der Waals surface area contributed by atoms with E-state index in [9.17, 15) is 14.9 Å². The highest BCUT2D eigenvalue weighted by Crippen LogP contribution is 2.27. The summed E-state index contributed by atoms with van der Waals surface area (Å²) in [6, 6.07) is 1.13. The molecule has 1 amide bonds. The van der Waals surface area contributed by atoms with Gasteiger partial charge in [-0.3, -0.25) is 4.79 Å². The van der Waals surface area contributed by atoms with Gasteiger partial charge in [0, 0.05) is 6.54 Å². The minimum atomic E-state index is -0.620. The molecule has 0 atom stereocenters. The Balaban J connectivity index is 1.94. The van der Waals surface area contributed by atoms with Gasteiger partial charge in [0.2, 0.25) is 0 Å². The van der Waals surface area contributed by atoms with Crippen molar-refractivity contribution < 1.29 is 9.72 Å². The molecule has 0 bridgehead atoms. The number of carbonyl (C=O) groups is 1. The van der Waals surface area contributed by atoms with E-state index in [0.717, 1.165) is 18.9 Å². The second kappa shape index (κ2) is 3.68. The van der Waals surface area contributed by atoms with Crippen LogP contribution in [-0.2, 0) is 0 Å². The predicted octanol–water partition coefficient (Wildman–Crippen LogP) is 0.458. The lowest BCUT2D eigenvalue weighted by molar-refractivity contribution is -0.389. The first kappa shape index (κ1) is 9.63. The molecule has 0 aliphatic heterocycles. The molecule has 0 saturated heterocycles. The third-order valence-electron chi connectivity index (χ3n) is 2.24. The molecule has 2 rings (SSSR count). The molecule has 0 aromatic carbocycles. The third kappa shape index (κ3) is 2.30. The summed E-state index contributed by atoms with van der Waals surface area (Å²) in [6.45, 7) is 0.624. The van der Waals surface area contributed by atoms with Crippen LogP contribution in [0.3, 0.4) is 0 Å².